The fourth-order valence-corrected chi connectivity index (χ4v) is 3.01. The molecule has 2 N–H and O–H groups in total. The van der Waals surface area contributed by atoms with E-state index < -0.39 is 0 Å². The first-order valence-corrected chi connectivity index (χ1v) is 7.03. The number of fused-ring (bicyclic) bond motifs is 1. The molecule has 0 aromatic carbocycles. The van der Waals surface area contributed by atoms with Crippen LogP contribution in [0.3, 0.4) is 0 Å². The van der Waals surface area contributed by atoms with Crippen molar-refractivity contribution < 1.29 is 4.79 Å². The minimum absolute atomic E-state index is 0.340. The van der Waals surface area contributed by atoms with Gasteiger partial charge in [-0.2, -0.15) is 0 Å². The van der Waals surface area contributed by atoms with Crippen molar-refractivity contribution >= 4 is 5.91 Å². The molecule has 2 rings (SSSR count). The molecule has 2 heterocycles. The zero-order chi connectivity index (χ0) is 12.1. The highest BCUT2D eigenvalue weighted by Gasteiger charge is 2.30. The average Bonchev–Trinajstić information content (AvgIpc) is 2.66. The van der Waals surface area contributed by atoms with Gasteiger partial charge in [0, 0.05) is 32.1 Å². The Morgan fingerprint density at radius 2 is 2.00 bits per heavy atom. The molecule has 2 aliphatic heterocycles. The van der Waals surface area contributed by atoms with E-state index in [9.17, 15) is 4.79 Å². The molecular weight excluding hydrogens is 214 g/mol. The molecule has 0 radical (unpaired) electrons. The smallest absolute Gasteiger partial charge is 0.222 e. The lowest BCUT2D eigenvalue weighted by Crippen LogP contribution is -2.39. The average molecular weight is 239 g/mol. The molecule has 4 nitrogen and oxygen atoms in total. The topological polar surface area (TPSA) is 49.6 Å². The molecule has 17 heavy (non-hydrogen) atoms. The van der Waals surface area contributed by atoms with Gasteiger partial charge in [0.25, 0.3) is 0 Å². The van der Waals surface area contributed by atoms with E-state index in [0.29, 0.717) is 24.9 Å². The Morgan fingerprint density at radius 1 is 1.18 bits per heavy atom. The van der Waals surface area contributed by atoms with Gasteiger partial charge < -0.3 is 10.6 Å². The van der Waals surface area contributed by atoms with Crippen LogP contribution in [-0.4, -0.2) is 54.5 Å². The molecule has 2 aliphatic rings. The van der Waals surface area contributed by atoms with Crippen molar-refractivity contribution in [2.75, 3.05) is 32.7 Å². The van der Waals surface area contributed by atoms with Crippen molar-refractivity contribution in [1.29, 1.82) is 0 Å². The number of unbranched alkanes of at least 4 members (excludes halogenated alkanes) is 1. The van der Waals surface area contributed by atoms with Crippen LogP contribution < -0.4 is 5.73 Å². The summed E-state index contributed by atoms with van der Waals surface area (Å²) in [4.78, 5) is 16.7. The molecule has 0 bridgehead atoms. The second-order valence-corrected chi connectivity index (χ2v) is 5.27. The van der Waals surface area contributed by atoms with Crippen LogP contribution in [0.15, 0.2) is 0 Å². The number of amides is 1. The largest absolute Gasteiger partial charge is 0.341 e. The number of nitrogens with zero attached hydrogens (tertiary/aromatic N) is 2. The summed E-state index contributed by atoms with van der Waals surface area (Å²) in [5, 5.41) is 0. The van der Waals surface area contributed by atoms with E-state index in [1.165, 1.54) is 25.9 Å². The molecule has 0 saturated carbocycles. The lowest BCUT2D eigenvalue weighted by Gasteiger charge is -2.25. The van der Waals surface area contributed by atoms with Gasteiger partial charge >= 0.3 is 0 Å². The van der Waals surface area contributed by atoms with Gasteiger partial charge in [-0.05, 0) is 45.2 Å². The lowest BCUT2D eigenvalue weighted by atomic mass is 10.2. The van der Waals surface area contributed by atoms with E-state index in [2.05, 4.69) is 9.80 Å². The molecule has 2 fully saturated rings. The molecule has 4 heteroatoms. The van der Waals surface area contributed by atoms with Gasteiger partial charge in [0.05, 0.1) is 0 Å². The fraction of sp³-hybridized carbons (Fsp3) is 0.923. The third-order valence-corrected chi connectivity index (χ3v) is 4.00. The number of hydrogen-bond donors (Lipinski definition) is 1. The van der Waals surface area contributed by atoms with Crippen LogP contribution in [-0.2, 0) is 4.79 Å². The molecule has 0 aromatic rings. The normalized spacial score (nSPS) is 25.7. The Balaban J connectivity index is 1.81. The number of hydrogen-bond acceptors (Lipinski definition) is 3. The minimum atomic E-state index is 0.340. The van der Waals surface area contributed by atoms with E-state index in [0.717, 1.165) is 32.4 Å². The van der Waals surface area contributed by atoms with Crippen molar-refractivity contribution in [3.05, 3.63) is 0 Å². The van der Waals surface area contributed by atoms with Crippen LogP contribution >= 0.6 is 0 Å². The van der Waals surface area contributed by atoms with Crippen molar-refractivity contribution in [1.82, 2.24) is 9.80 Å². The summed E-state index contributed by atoms with van der Waals surface area (Å²) in [6.45, 7) is 5.02. The van der Waals surface area contributed by atoms with Crippen molar-refractivity contribution in [3.63, 3.8) is 0 Å². The van der Waals surface area contributed by atoms with E-state index >= 15 is 0 Å². The molecule has 0 aliphatic carbocycles. The van der Waals surface area contributed by atoms with Gasteiger partial charge in [-0.1, -0.05) is 0 Å². The minimum Gasteiger partial charge on any atom is -0.341 e. The van der Waals surface area contributed by atoms with Gasteiger partial charge in [-0.25, -0.2) is 0 Å². The maximum absolute atomic E-state index is 12.1. The van der Waals surface area contributed by atoms with Gasteiger partial charge in [-0.15, -0.1) is 0 Å². The third kappa shape index (κ3) is 3.42. The monoisotopic (exact) mass is 239 g/mol. The van der Waals surface area contributed by atoms with Crippen LogP contribution in [0.5, 0.6) is 0 Å². The first kappa shape index (κ1) is 12.8. The standard InChI is InChI=1S/C13H25N3O/c14-7-2-1-6-13(17)16-10-4-9-15-8-3-5-12(15)11-16/h12H,1-11,14H2. The first-order valence-electron chi connectivity index (χ1n) is 7.03. The van der Waals surface area contributed by atoms with Gasteiger partial charge in [0.1, 0.15) is 0 Å². The molecule has 0 spiro atoms. The molecule has 98 valence electrons. The van der Waals surface area contributed by atoms with Gasteiger partial charge in [0.2, 0.25) is 5.91 Å². The van der Waals surface area contributed by atoms with E-state index in [4.69, 9.17) is 5.73 Å². The lowest BCUT2D eigenvalue weighted by molar-refractivity contribution is -0.131. The van der Waals surface area contributed by atoms with Crippen LogP contribution in [0.25, 0.3) is 0 Å². The van der Waals surface area contributed by atoms with E-state index in [1.54, 1.807) is 0 Å². The number of carbonyl (C=O) groups excluding carboxylic acids is 1. The predicted octanol–water partition coefficient (Wildman–Crippen LogP) is 0.812. The summed E-state index contributed by atoms with van der Waals surface area (Å²) in [5.74, 6) is 0.340. The maximum Gasteiger partial charge on any atom is 0.222 e. The Morgan fingerprint density at radius 3 is 2.82 bits per heavy atom. The van der Waals surface area contributed by atoms with Crippen LogP contribution in [0, 0.1) is 0 Å². The van der Waals surface area contributed by atoms with Crippen LogP contribution in [0.1, 0.15) is 38.5 Å². The summed E-state index contributed by atoms with van der Waals surface area (Å²) < 4.78 is 0. The van der Waals surface area contributed by atoms with Gasteiger partial charge in [-0.3, -0.25) is 9.69 Å². The van der Waals surface area contributed by atoms with Crippen molar-refractivity contribution in [2.24, 2.45) is 5.73 Å². The van der Waals surface area contributed by atoms with Crippen molar-refractivity contribution in [3.8, 4) is 0 Å². The number of nitrogens with two attached hydrogens (primary N) is 1. The highest BCUT2D eigenvalue weighted by molar-refractivity contribution is 5.76. The Bertz CT molecular complexity index is 257. The van der Waals surface area contributed by atoms with E-state index in [1.807, 2.05) is 0 Å². The van der Waals surface area contributed by atoms with Crippen LogP contribution in [0.4, 0.5) is 0 Å². The quantitative estimate of drug-likeness (QED) is 0.739. The second-order valence-electron chi connectivity index (χ2n) is 5.27. The maximum atomic E-state index is 12.1. The van der Waals surface area contributed by atoms with Crippen LogP contribution in [0.2, 0.25) is 0 Å². The van der Waals surface area contributed by atoms with E-state index in [-0.39, 0.29) is 0 Å². The zero-order valence-electron chi connectivity index (χ0n) is 10.7. The molecule has 1 atom stereocenters. The zero-order valence-corrected chi connectivity index (χ0v) is 10.7. The Labute approximate surface area is 104 Å². The molecule has 0 aromatic heterocycles. The number of carbonyl (C=O) groups is 1. The third-order valence-electron chi connectivity index (χ3n) is 4.00. The summed E-state index contributed by atoms with van der Waals surface area (Å²) in [7, 11) is 0. The number of rotatable bonds is 4. The molecular formula is C13H25N3O. The summed E-state index contributed by atoms with van der Waals surface area (Å²) in [5.41, 5.74) is 5.46. The summed E-state index contributed by atoms with van der Waals surface area (Å²) in [6.07, 6.45) is 6.31. The highest BCUT2D eigenvalue weighted by Crippen LogP contribution is 2.21. The SMILES string of the molecule is NCCCCC(=O)N1CCCN2CCCC2C1. The highest BCUT2D eigenvalue weighted by atomic mass is 16.2. The summed E-state index contributed by atoms with van der Waals surface area (Å²) in [6, 6.07) is 0.635. The predicted molar refractivity (Wildman–Crippen MR) is 68.7 cm³/mol. The molecule has 2 saturated heterocycles. The fourth-order valence-electron chi connectivity index (χ4n) is 3.01. The first-order chi connectivity index (χ1) is 8.31. The van der Waals surface area contributed by atoms with Crippen molar-refractivity contribution in [2.45, 2.75) is 44.6 Å². The molecule has 1 unspecified atom stereocenters. The second kappa shape index (κ2) is 6.36. The Hall–Kier alpha value is -0.610. The van der Waals surface area contributed by atoms with Gasteiger partial charge in [0.15, 0.2) is 0 Å². The molecule has 1 amide bonds. The Kier molecular flexibility index (Phi) is 4.80. The summed E-state index contributed by atoms with van der Waals surface area (Å²) >= 11 is 0.